The summed E-state index contributed by atoms with van der Waals surface area (Å²) in [5.41, 5.74) is -13.0. The molecule has 0 aliphatic rings. The molecular weight excluding hydrogens is 943 g/mol. The minimum Gasteiger partial charge on any atom is -0.508 e. The minimum absolute atomic E-state index is 0.153. The van der Waals surface area contributed by atoms with Crippen molar-refractivity contribution in [3.05, 3.63) is 189 Å². The lowest BCUT2D eigenvalue weighted by atomic mass is 9.12. The standard InChI is InChI=1S/C24BF20.C18H16OS/c26-5-1(6(27)14(35)21(42)13(5)34)25(2-7(28)15(36)22(43)16(37)8(2)29,3-9(30)17(38)23(44)18(39)10(3)31)4-11(32)19(40)24(45)20(41)12(4)33;1-20(18-10-8-17(19)9-11-18)13-14-6-7-15-4-2-3-5-16(15)12-14/h;2-12H,13H2,1H3/q-1;/p+1. The predicted octanol–water partition coefficient (Wildman–Crippen LogP) is 10.2. The van der Waals surface area contributed by atoms with Crippen molar-refractivity contribution in [2.45, 2.75) is 10.6 Å². The van der Waals surface area contributed by atoms with Crippen LogP contribution in [0.2, 0.25) is 0 Å². The highest BCUT2D eigenvalue weighted by Gasteiger charge is 2.52. The van der Waals surface area contributed by atoms with Gasteiger partial charge in [-0.1, -0.05) is 36.4 Å². The van der Waals surface area contributed by atoms with Gasteiger partial charge in [-0.05, 0) is 41.1 Å². The third-order valence-corrected chi connectivity index (χ3v) is 12.0. The minimum atomic E-state index is -7.22. The number of fused-ring (bicyclic) bond motifs is 1. The van der Waals surface area contributed by atoms with Crippen LogP contribution in [0.15, 0.2) is 71.6 Å². The first-order valence-electron chi connectivity index (χ1n) is 17.5. The van der Waals surface area contributed by atoms with Gasteiger partial charge >= 0.3 is 0 Å². The molecule has 0 saturated carbocycles. The van der Waals surface area contributed by atoms with Crippen LogP contribution in [-0.2, 0) is 16.6 Å². The second-order valence-corrected chi connectivity index (χ2v) is 15.8. The average Bonchev–Trinajstić information content (AvgIpc) is 3.29. The van der Waals surface area contributed by atoms with Gasteiger partial charge in [0.15, 0.2) is 74.7 Å². The van der Waals surface area contributed by atoms with E-state index in [4.69, 9.17) is 0 Å². The van der Waals surface area contributed by atoms with Crippen LogP contribution in [0.3, 0.4) is 0 Å². The highest BCUT2D eigenvalue weighted by Crippen LogP contribution is 2.31. The Bertz CT molecular complexity index is 2670. The Morgan fingerprint density at radius 3 is 0.938 bits per heavy atom. The molecule has 0 amide bonds. The van der Waals surface area contributed by atoms with Gasteiger partial charge in [0.25, 0.3) is 0 Å². The highest BCUT2D eigenvalue weighted by molar-refractivity contribution is 7.95. The van der Waals surface area contributed by atoms with Crippen molar-refractivity contribution in [3.63, 3.8) is 0 Å². The second kappa shape index (κ2) is 17.9. The van der Waals surface area contributed by atoms with E-state index < -0.39 is 144 Å². The second-order valence-electron chi connectivity index (χ2n) is 13.8. The fourth-order valence-corrected chi connectivity index (χ4v) is 8.66. The summed E-state index contributed by atoms with van der Waals surface area (Å²) in [6.45, 7) is 0. The van der Waals surface area contributed by atoms with Crippen LogP contribution in [0.25, 0.3) is 10.8 Å². The molecule has 0 aliphatic heterocycles. The average molecular weight is 960 g/mol. The maximum atomic E-state index is 15.4. The Kier molecular flexibility index (Phi) is 13.2. The van der Waals surface area contributed by atoms with Crippen LogP contribution in [0, 0.1) is 116 Å². The molecule has 23 heteroatoms. The molecule has 1 atom stereocenters. The molecule has 0 aliphatic carbocycles. The van der Waals surface area contributed by atoms with Crippen molar-refractivity contribution < 1.29 is 92.9 Å². The number of aromatic hydroxyl groups is 1. The van der Waals surface area contributed by atoms with Crippen LogP contribution < -0.4 is 21.9 Å². The fourth-order valence-electron chi connectivity index (χ4n) is 7.21. The van der Waals surface area contributed by atoms with Crippen molar-refractivity contribution in [2.24, 2.45) is 0 Å². The lowest BCUT2D eigenvalue weighted by Crippen LogP contribution is -2.81. The SMILES string of the molecule is C[S+](Cc1ccc2ccccc2c1)c1ccc(O)cc1.Fc1c(F)c(F)c([B-](c2c(F)c(F)c(F)c(F)c2F)(c2c(F)c(F)c(F)c(F)c2F)c2c(F)c(F)c(F)c(F)c2F)c(F)c1F. The van der Waals surface area contributed by atoms with Gasteiger partial charge in [-0.2, -0.15) is 0 Å². The van der Waals surface area contributed by atoms with Crippen LogP contribution in [0.4, 0.5) is 87.8 Å². The van der Waals surface area contributed by atoms with Gasteiger partial charge in [0.2, 0.25) is 0 Å². The van der Waals surface area contributed by atoms with E-state index in [0.29, 0.717) is 5.75 Å². The number of rotatable bonds is 7. The molecule has 65 heavy (non-hydrogen) atoms. The summed E-state index contributed by atoms with van der Waals surface area (Å²) in [6.07, 6.45) is -4.97. The molecule has 0 heterocycles. The van der Waals surface area contributed by atoms with Gasteiger partial charge in [-0.15, -0.1) is 21.9 Å². The van der Waals surface area contributed by atoms with Gasteiger partial charge in [0, 0.05) is 16.5 Å². The Morgan fingerprint density at radius 2 is 0.631 bits per heavy atom. The molecular formula is C42H17BF20OS. The van der Waals surface area contributed by atoms with Crippen molar-refractivity contribution in [3.8, 4) is 5.75 Å². The molecule has 340 valence electrons. The van der Waals surface area contributed by atoms with Crippen molar-refractivity contribution in [2.75, 3.05) is 6.26 Å². The quantitative estimate of drug-likeness (QED) is 0.0555. The summed E-state index contributed by atoms with van der Waals surface area (Å²) in [5, 5.41) is 11.9. The van der Waals surface area contributed by atoms with E-state index in [1.165, 1.54) is 21.2 Å². The van der Waals surface area contributed by atoms with Gasteiger partial charge in [0.1, 0.15) is 70.4 Å². The number of hydrogen-bond donors (Lipinski definition) is 1. The fraction of sp³-hybridized carbons (Fsp3) is 0.0476. The Labute approximate surface area is 353 Å². The Hall–Kier alpha value is -6.39. The number of phenols is 1. The van der Waals surface area contributed by atoms with E-state index in [1.807, 2.05) is 12.1 Å². The summed E-state index contributed by atoms with van der Waals surface area (Å²) in [7, 11) is 0.153. The monoisotopic (exact) mass is 960 g/mol. The normalized spacial score (nSPS) is 12.1. The highest BCUT2D eigenvalue weighted by atomic mass is 32.2. The molecule has 1 N–H and O–H groups in total. The Balaban J connectivity index is 0.000000289. The molecule has 0 saturated heterocycles. The summed E-state index contributed by atoms with van der Waals surface area (Å²) in [4.78, 5) is 1.29. The molecule has 0 fully saturated rings. The topological polar surface area (TPSA) is 20.2 Å². The molecule has 1 nitrogen and oxygen atoms in total. The third kappa shape index (κ3) is 7.75. The predicted molar refractivity (Wildman–Crippen MR) is 197 cm³/mol. The zero-order chi connectivity index (χ0) is 48.3. The first-order valence-corrected chi connectivity index (χ1v) is 19.4. The molecule has 7 aromatic rings. The number of hydrogen-bond acceptors (Lipinski definition) is 1. The van der Waals surface area contributed by atoms with Crippen LogP contribution in [0.1, 0.15) is 5.56 Å². The molecule has 0 spiro atoms. The van der Waals surface area contributed by atoms with Gasteiger partial charge < -0.3 is 5.11 Å². The molecule has 1 unspecified atom stereocenters. The lowest BCUT2D eigenvalue weighted by Gasteiger charge is -2.44. The number of halogens is 20. The molecule has 0 radical (unpaired) electrons. The summed E-state index contributed by atoms with van der Waals surface area (Å²) in [6, 6.07) is 22.7. The van der Waals surface area contributed by atoms with Gasteiger partial charge in [-0.25, -0.2) is 87.8 Å². The summed E-state index contributed by atoms with van der Waals surface area (Å²) >= 11 is 0. The number of phenolic OH excluding ortho intramolecular Hbond substituents is 1. The van der Waals surface area contributed by atoms with Gasteiger partial charge in [0.05, 0.1) is 0 Å². The van der Waals surface area contributed by atoms with E-state index in [-0.39, 0.29) is 10.9 Å². The van der Waals surface area contributed by atoms with Crippen LogP contribution in [0.5, 0.6) is 5.75 Å². The molecule has 0 bridgehead atoms. The van der Waals surface area contributed by atoms with Crippen molar-refractivity contribution in [1.82, 2.24) is 0 Å². The molecule has 7 rings (SSSR count). The summed E-state index contributed by atoms with van der Waals surface area (Å²) < 4.78 is 294. The zero-order valence-electron chi connectivity index (χ0n) is 31.6. The first kappa shape index (κ1) is 48.1. The molecule has 0 aromatic heterocycles. The number of benzene rings is 7. The van der Waals surface area contributed by atoms with Crippen molar-refractivity contribution in [1.29, 1.82) is 0 Å². The largest absolute Gasteiger partial charge is 0.508 e. The zero-order valence-corrected chi connectivity index (χ0v) is 32.4. The first-order chi connectivity index (χ1) is 30.4. The van der Waals surface area contributed by atoms with E-state index in [0.717, 1.165) is 5.75 Å². The van der Waals surface area contributed by atoms with Gasteiger partial charge in [-0.3, -0.25) is 0 Å². The molecule has 7 aromatic carbocycles. The summed E-state index contributed by atoms with van der Waals surface area (Å²) in [5.74, 6) is -70.0. The Morgan fingerprint density at radius 1 is 0.354 bits per heavy atom. The van der Waals surface area contributed by atoms with E-state index in [2.05, 4.69) is 48.7 Å². The van der Waals surface area contributed by atoms with Crippen molar-refractivity contribution >= 4 is 49.7 Å². The maximum Gasteiger partial charge on any atom is 0.200 e. The van der Waals surface area contributed by atoms with E-state index in [1.54, 1.807) is 12.1 Å². The van der Waals surface area contributed by atoms with E-state index >= 15 is 35.1 Å². The van der Waals surface area contributed by atoms with E-state index in [9.17, 15) is 57.8 Å². The third-order valence-electron chi connectivity index (χ3n) is 10.1. The van der Waals surface area contributed by atoms with Crippen LogP contribution >= 0.6 is 0 Å². The lowest BCUT2D eigenvalue weighted by molar-refractivity contribution is 0.378. The maximum absolute atomic E-state index is 15.4. The smallest absolute Gasteiger partial charge is 0.200 e. The van der Waals surface area contributed by atoms with Crippen LogP contribution in [-0.4, -0.2) is 17.5 Å².